The van der Waals surface area contributed by atoms with Crippen LogP contribution in [0, 0.1) is 5.92 Å². The molecule has 0 aliphatic heterocycles. The third-order valence-electron chi connectivity index (χ3n) is 3.14. The van der Waals surface area contributed by atoms with Gasteiger partial charge < -0.3 is 14.9 Å². The molecule has 116 valence electrons. The van der Waals surface area contributed by atoms with E-state index in [1.54, 1.807) is 30.2 Å². The van der Waals surface area contributed by atoms with Gasteiger partial charge in [-0.2, -0.15) is 0 Å². The zero-order valence-corrected chi connectivity index (χ0v) is 12.8. The van der Waals surface area contributed by atoms with Crippen LogP contribution in [-0.2, 0) is 4.79 Å². The molecule has 1 heterocycles. The summed E-state index contributed by atoms with van der Waals surface area (Å²) in [6.45, 7) is 3.19. The molecule has 0 aliphatic rings. The molecule has 0 aromatic carbocycles. The maximum atomic E-state index is 12.5. The molecule has 1 aromatic rings. The van der Waals surface area contributed by atoms with Crippen LogP contribution in [0.25, 0.3) is 0 Å². The van der Waals surface area contributed by atoms with E-state index in [9.17, 15) is 9.59 Å². The fraction of sp³-hybridized carbons (Fsp3) is 0.533. The maximum Gasteiger partial charge on any atom is 0.308 e. The average Bonchev–Trinajstić information content (AvgIpc) is 2.45. The number of carboxylic acid groups (broad SMARTS) is 1. The van der Waals surface area contributed by atoms with Crippen LogP contribution in [0.5, 0.6) is 0 Å². The standard InChI is InChI=1S/C15H23N3O3/c1-12(15(20)21)11-18(9-5-8-17(2)3)14(19)13-6-4-7-16-10-13/h4,6-7,10,12H,5,8-9,11H2,1-3H3,(H,20,21). The van der Waals surface area contributed by atoms with Crippen molar-refractivity contribution in [2.45, 2.75) is 13.3 Å². The molecule has 0 spiro atoms. The topological polar surface area (TPSA) is 73.7 Å². The summed E-state index contributed by atoms with van der Waals surface area (Å²) in [4.78, 5) is 31.0. The van der Waals surface area contributed by atoms with Gasteiger partial charge >= 0.3 is 5.97 Å². The van der Waals surface area contributed by atoms with Crippen LogP contribution in [0.15, 0.2) is 24.5 Å². The van der Waals surface area contributed by atoms with Crippen LogP contribution in [0.4, 0.5) is 0 Å². The zero-order chi connectivity index (χ0) is 15.8. The van der Waals surface area contributed by atoms with E-state index >= 15 is 0 Å². The minimum Gasteiger partial charge on any atom is -0.481 e. The lowest BCUT2D eigenvalue weighted by Gasteiger charge is -2.25. The van der Waals surface area contributed by atoms with Gasteiger partial charge in [-0.25, -0.2) is 0 Å². The molecule has 0 bridgehead atoms. The van der Waals surface area contributed by atoms with Crippen molar-refractivity contribution in [2.75, 3.05) is 33.7 Å². The number of hydrogen-bond donors (Lipinski definition) is 1. The minimum absolute atomic E-state index is 0.171. The molecule has 0 radical (unpaired) electrons. The lowest BCUT2D eigenvalue weighted by atomic mass is 10.1. The molecule has 1 N–H and O–H groups in total. The number of amides is 1. The molecule has 1 atom stereocenters. The Morgan fingerprint density at radius 3 is 2.57 bits per heavy atom. The van der Waals surface area contributed by atoms with Gasteiger partial charge in [0.25, 0.3) is 5.91 Å². The van der Waals surface area contributed by atoms with Gasteiger partial charge in [0.2, 0.25) is 0 Å². The summed E-state index contributed by atoms with van der Waals surface area (Å²) in [5.74, 6) is -1.66. The highest BCUT2D eigenvalue weighted by atomic mass is 16.4. The quantitative estimate of drug-likeness (QED) is 0.779. The van der Waals surface area contributed by atoms with E-state index in [-0.39, 0.29) is 12.5 Å². The Balaban J connectivity index is 2.75. The van der Waals surface area contributed by atoms with Crippen LogP contribution < -0.4 is 0 Å². The lowest BCUT2D eigenvalue weighted by molar-refractivity contribution is -0.141. The van der Waals surface area contributed by atoms with Crippen LogP contribution in [0.3, 0.4) is 0 Å². The molecule has 21 heavy (non-hydrogen) atoms. The second kappa shape index (κ2) is 8.36. The summed E-state index contributed by atoms with van der Waals surface area (Å²) in [7, 11) is 3.93. The van der Waals surface area contributed by atoms with Gasteiger partial charge in [0.1, 0.15) is 0 Å². The van der Waals surface area contributed by atoms with Crippen LogP contribution in [0.2, 0.25) is 0 Å². The third-order valence-corrected chi connectivity index (χ3v) is 3.14. The molecule has 6 nitrogen and oxygen atoms in total. The number of rotatable bonds is 8. The fourth-order valence-corrected chi connectivity index (χ4v) is 1.93. The number of carbonyl (C=O) groups is 2. The van der Waals surface area contributed by atoms with Crippen molar-refractivity contribution in [1.82, 2.24) is 14.8 Å². The van der Waals surface area contributed by atoms with Crippen molar-refractivity contribution in [3.63, 3.8) is 0 Å². The number of carbonyl (C=O) groups excluding carboxylic acids is 1. The number of aromatic nitrogens is 1. The number of carboxylic acids is 1. The summed E-state index contributed by atoms with van der Waals surface area (Å²) in [5.41, 5.74) is 0.486. The number of aliphatic carboxylic acids is 1. The van der Waals surface area contributed by atoms with E-state index in [0.717, 1.165) is 13.0 Å². The molecule has 1 aromatic heterocycles. The van der Waals surface area contributed by atoms with Crippen molar-refractivity contribution < 1.29 is 14.7 Å². The lowest BCUT2D eigenvalue weighted by Crippen LogP contribution is -2.38. The van der Waals surface area contributed by atoms with Gasteiger partial charge in [-0.1, -0.05) is 6.92 Å². The van der Waals surface area contributed by atoms with Crippen molar-refractivity contribution >= 4 is 11.9 Å². The van der Waals surface area contributed by atoms with Gasteiger partial charge in [-0.15, -0.1) is 0 Å². The van der Waals surface area contributed by atoms with Crippen LogP contribution in [-0.4, -0.2) is 65.5 Å². The Hall–Kier alpha value is -1.95. The van der Waals surface area contributed by atoms with E-state index in [2.05, 4.69) is 4.98 Å². The number of pyridine rings is 1. The smallest absolute Gasteiger partial charge is 0.308 e. The van der Waals surface area contributed by atoms with E-state index in [4.69, 9.17) is 5.11 Å². The molecule has 0 saturated carbocycles. The van der Waals surface area contributed by atoms with Gasteiger partial charge in [-0.3, -0.25) is 14.6 Å². The van der Waals surface area contributed by atoms with E-state index < -0.39 is 11.9 Å². The molecule has 1 rings (SSSR count). The molecular weight excluding hydrogens is 270 g/mol. The Labute approximate surface area is 125 Å². The number of nitrogens with zero attached hydrogens (tertiary/aromatic N) is 3. The molecule has 1 unspecified atom stereocenters. The van der Waals surface area contributed by atoms with Crippen molar-refractivity contribution in [2.24, 2.45) is 5.92 Å². The second-order valence-corrected chi connectivity index (χ2v) is 5.39. The molecule has 6 heteroatoms. The van der Waals surface area contributed by atoms with Gasteiger partial charge in [0, 0.05) is 25.5 Å². The van der Waals surface area contributed by atoms with Gasteiger partial charge in [0.05, 0.1) is 11.5 Å². The minimum atomic E-state index is -0.897. The highest BCUT2D eigenvalue weighted by Crippen LogP contribution is 2.08. The van der Waals surface area contributed by atoms with Gasteiger partial charge in [-0.05, 0) is 39.2 Å². The highest BCUT2D eigenvalue weighted by molar-refractivity contribution is 5.94. The average molecular weight is 293 g/mol. The first kappa shape index (κ1) is 17.1. The predicted molar refractivity (Wildman–Crippen MR) is 80.1 cm³/mol. The molecule has 0 saturated heterocycles. The Morgan fingerprint density at radius 1 is 1.33 bits per heavy atom. The highest BCUT2D eigenvalue weighted by Gasteiger charge is 2.21. The molecule has 0 fully saturated rings. The monoisotopic (exact) mass is 293 g/mol. The summed E-state index contributed by atoms with van der Waals surface area (Å²) >= 11 is 0. The first-order chi connectivity index (χ1) is 9.91. The Bertz CT molecular complexity index is 462. The predicted octanol–water partition coefficient (Wildman–Crippen LogP) is 1.20. The first-order valence-corrected chi connectivity index (χ1v) is 6.98. The summed E-state index contributed by atoms with van der Waals surface area (Å²) in [6.07, 6.45) is 3.91. The largest absolute Gasteiger partial charge is 0.481 e. The summed E-state index contributed by atoms with van der Waals surface area (Å²) < 4.78 is 0. The van der Waals surface area contributed by atoms with Crippen molar-refractivity contribution in [3.05, 3.63) is 30.1 Å². The first-order valence-electron chi connectivity index (χ1n) is 6.98. The normalized spacial score (nSPS) is 12.2. The van der Waals surface area contributed by atoms with E-state index in [0.29, 0.717) is 12.1 Å². The van der Waals surface area contributed by atoms with Crippen LogP contribution in [0.1, 0.15) is 23.7 Å². The van der Waals surface area contributed by atoms with Crippen molar-refractivity contribution in [1.29, 1.82) is 0 Å². The van der Waals surface area contributed by atoms with Gasteiger partial charge in [0.15, 0.2) is 0 Å². The Kier molecular flexibility index (Phi) is 6.81. The molecule has 0 aliphatic carbocycles. The zero-order valence-electron chi connectivity index (χ0n) is 12.8. The van der Waals surface area contributed by atoms with Crippen LogP contribution >= 0.6 is 0 Å². The van der Waals surface area contributed by atoms with E-state index in [1.807, 2.05) is 19.0 Å². The fourth-order valence-electron chi connectivity index (χ4n) is 1.93. The van der Waals surface area contributed by atoms with E-state index in [1.165, 1.54) is 6.20 Å². The third kappa shape index (κ3) is 5.91. The SMILES string of the molecule is CC(CN(CCCN(C)C)C(=O)c1cccnc1)C(=O)O. The summed E-state index contributed by atoms with van der Waals surface area (Å²) in [5, 5.41) is 9.04. The number of hydrogen-bond acceptors (Lipinski definition) is 4. The van der Waals surface area contributed by atoms with Crippen molar-refractivity contribution in [3.8, 4) is 0 Å². The maximum absolute atomic E-state index is 12.5. The molecule has 1 amide bonds. The summed E-state index contributed by atoms with van der Waals surface area (Å²) in [6, 6.07) is 3.39. The second-order valence-electron chi connectivity index (χ2n) is 5.39. The Morgan fingerprint density at radius 2 is 2.05 bits per heavy atom. The molecular formula is C15H23N3O3.